The number of nitrogens with two attached hydrogens (primary N) is 1. The maximum Gasteiger partial charge on any atom is 2.00 e. The Balaban J connectivity index is -0.000000353. The Morgan fingerprint density at radius 1 is 1.36 bits per heavy atom. The number of hydrogen-bond acceptors (Lipinski definition) is 6. The fourth-order valence-electron chi connectivity index (χ4n) is 1.64. The van der Waals surface area contributed by atoms with E-state index in [1.807, 2.05) is 0 Å². The Hall–Kier alpha value is -0.830. The van der Waals surface area contributed by atoms with Crippen LogP contribution in [0, 0.1) is 0 Å². The van der Waals surface area contributed by atoms with Crippen molar-refractivity contribution in [3.8, 4) is 11.5 Å². The number of phenolic OH excluding ortho intramolecular Hbond substituents is 2. The van der Waals surface area contributed by atoms with Crippen LogP contribution in [-0.2, 0) is 6.42 Å². The van der Waals surface area contributed by atoms with Crippen LogP contribution in [0.5, 0.6) is 11.5 Å². The summed E-state index contributed by atoms with van der Waals surface area (Å²) < 4.78 is 0. The van der Waals surface area contributed by atoms with Gasteiger partial charge in [-0.05, 0) is 31.3 Å². The minimum absolute atomic E-state index is 0. The van der Waals surface area contributed by atoms with Crippen molar-refractivity contribution in [2.24, 2.45) is 5.73 Å². The van der Waals surface area contributed by atoms with E-state index in [1.54, 1.807) is 25.6 Å². The van der Waals surface area contributed by atoms with Crippen LogP contribution in [0.15, 0.2) is 30.7 Å². The minimum Gasteiger partial charge on any atom is -1.00 e. The van der Waals surface area contributed by atoms with Crippen molar-refractivity contribution in [1.29, 1.82) is 0 Å². The quantitative estimate of drug-likeness (QED) is 0.340. The molecule has 8 heteroatoms. The van der Waals surface area contributed by atoms with Crippen molar-refractivity contribution in [2.75, 3.05) is 20.1 Å². The summed E-state index contributed by atoms with van der Waals surface area (Å²) in [7, 11) is 1.73. The van der Waals surface area contributed by atoms with Gasteiger partial charge < -0.3 is 34.2 Å². The number of H-pyrrole nitrogens is 1. The van der Waals surface area contributed by atoms with Gasteiger partial charge in [0.15, 0.2) is 11.5 Å². The number of benzene rings is 1. The zero-order valence-electron chi connectivity index (χ0n) is 14.7. The number of nitrogens with one attached hydrogen (secondary N) is 2. The number of likely N-dealkylation sites (N-methyl/N-ethyl adjacent to an activating group) is 1. The first-order chi connectivity index (χ1) is 10.1. The molecule has 0 saturated heterocycles. The van der Waals surface area contributed by atoms with Gasteiger partial charge in [-0.2, -0.15) is 0 Å². The Morgan fingerprint density at radius 2 is 2.09 bits per heavy atom. The van der Waals surface area contributed by atoms with Crippen LogP contribution >= 0.6 is 0 Å². The number of aliphatic hydroxyl groups excluding tert-OH is 1. The number of aliphatic hydroxyl groups is 1. The SMILES string of the molecule is CNCC(O)c1ccc(O)c(O)c1.NCCc1cnc[nH]1.[Ca+2].[H-].[H-]. The molecule has 120 valence electrons. The number of imidazole rings is 1. The first-order valence-corrected chi connectivity index (χ1v) is 6.60. The third-order valence-electron chi connectivity index (χ3n) is 2.75. The summed E-state index contributed by atoms with van der Waals surface area (Å²) in [5, 5.41) is 30.4. The summed E-state index contributed by atoms with van der Waals surface area (Å²) in [5.41, 5.74) is 6.95. The summed E-state index contributed by atoms with van der Waals surface area (Å²) in [5.74, 6) is -0.395. The van der Waals surface area contributed by atoms with E-state index in [9.17, 15) is 5.11 Å². The van der Waals surface area contributed by atoms with Gasteiger partial charge in [-0.15, -0.1) is 0 Å². The van der Waals surface area contributed by atoms with Gasteiger partial charge in [-0.25, -0.2) is 4.98 Å². The van der Waals surface area contributed by atoms with Crippen molar-refractivity contribution in [2.45, 2.75) is 12.5 Å². The smallest absolute Gasteiger partial charge is 1.00 e. The van der Waals surface area contributed by atoms with E-state index >= 15 is 0 Å². The first-order valence-electron chi connectivity index (χ1n) is 6.60. The molecule has 2 aromatic rings. The largest absolute Gasteiger partial charge is 2.00 e. The topological polar surface area (TPSA) is 127 Å². The van der Waals surface area contributed by atoms with E-state index < -0.39 is 6.10 Å². The minimum atomic E-state index is -0.670. The molecule has 0 radical (unpaired) electrons. The van der Waals surface area contributed by atoms with Gasteiger partial charge in [0.25, 0.3) is 0 Å². The molecule has 0 aliphatic carbocycles. The van der Waals surface area contributed by atoms with Crippen molar-refractivity contribution in [3.05, 3.63) is 42.0 Å². The third kappa shape index (κ3) is 7.44. The summed E-state index contributed by atoms with van der Waals surface area (Å²) in [6.07, 6.45) is 3.66. The molecule has 7 N–H and O–H groups in total. The van der Waals surface area contributed by atoms with E-state index in [1.165, 1.54) is 12.1 Å². The summed E-state index contributed by atoms with van der Waals surface area (Å²) >= 11 is 0. The maximum atomic E-state index is 9.48. The van der Waals surface area contributed by atoms with Crippen LogP contribution in [-0.4, -0.2) is 83.2 Å². The molecule has 1 heterocycles. The number of nitrogens with zero attached hydrogens (tertiary/aromatic N) is 1. The van der Waals surface area contributed by atoms with Crippen molar-refractivity contribution in [3.63, 3.8) is 0 Å². The fraction of sp³-hybridized carbons (Fsp3) is 0.357. The van der Waals surface area contributed by atoms with E-state index in [0.29, 0.717) is 18.7 Å². The second kappa shape index (κ2) is 11.7. The molecule has 1 unspecified atom stereocenters. The molecule has 0 amide bonds. The molecule has 0 aliphatic heterocycles. The summed E-state index contributed by atoms with van der Waals surface area (Å²) in [4.78, 5) is 6.78. The molecule has 0 saturated carbocycles. The zero-order valence-corrected chi connectivity index (χ0v) is 14.9. The Kier molecular flexibility index (Phi) is 11.3. The molecule has 1 atom stereocenters. The van der Waals surface area contributed by atoms with Gasteiger partial charge >= 0.3 is 37.7 Å². The van der Waals surface area contributed by atoms with Gasteiger partial charge in [0.05, 0.1) is 12.4 Å². The van der Waals surface area contributed by atoms with Crippen LogP contribution in [0.3, 0.4) is 0 Å². The molecule has 22 heavy (non-hydrogen) atoms. The number of hydrogen-bond donors (Lipinski definition) is 6. The molecule has 0 aliphatic rings. The summed E-state index contributed by atoms with van der Waals surface area (Å²) in [6, 6.07) is 4.26. The molecule has 7 nitrogen and oxygen atoms in total. The van der Waals surface area contributed by atoms with Crippen LogP contribution in [0.1, 0.15) is 20.2 Å². The normalized spacial score (nSPS) is 11.0. The number of aromatic amines is 1. The monoisotopic (exact) mass is 336 g/mol. The summed E-state index contributed by atoms with van der Waals surface area (Å²) in [6.45, 7) is 1.09. The molecular weight excluding hydrogens is 312 g/mol. The average Bonchev–Trinajstić information content (AvgIpc) is 2.96. The van der Waals surface area contributed by atoms with Crippen LogP contribution < -0.4 is 11.1 Å². The molecule has 0 fully saturated rings. The predicted molar refractivity (Wildman–Crippen MR) is 88.0 cm³/mol. The second-order valence-electron chi connectivity index (χ2n) is 4.44. The van der Waals surface area contributed by atoms with Crippen LogP contribution in [0.25, 0.3) is 0 Å². The average molecular weight is 336 g/mol. The number of aromatic hydroxyl groups is 2. The van der Waals surface area contributed by atoms with E-state index in [2.05, 4.69) is 15.3 Å². The maximum absolute atomic E-state index is 9.48. The van der Waals surface area contributed by atoms with Crippen molar-refractivity contribution >= 4 is 37.7 Å². The fourth-order valence-corrected chi connectivity index (χ4v) is 1.64. The third-order valence-corrected chi connectivity index (χ3v) is 2.75. The Labute approximate surface area is 162 Å². The number of phenols is 2. The van der Waals surface area contributed by atoms with Gasteiger partial charge in [0, 0.05) is 24.9 Å². The molecule has 0 bridgehead atoms. The van der Waals surface area contributed by atoms with Crippen molar-refractivity contribution in [1.82, 2.24) is 15.3 Å². The van der Waals surface area contributed by atoms with E-state index in [0.717, 1.165) is 12.1 Å². The van der Waals surface area contributed by atoms with Crippen LogP contribution in [0.2, 0.25) is 0 Å². The van der Waals surface area contributed by atoms with Gasteiger partial charge in [0.1, 0.15) is 0 Å². The molecule has 1 aromatic heterocycles. The molecule has 2 rings (SSSR count). The standard InChI is InChI=1S/C9H13NO3.C5H9N3.Ca.2H/c1-10-5-9(13)6-2-3-7(11)8(12)4-6;6-2-1-5-3-7-4-8-5;;;/h2-4,9-13H,5H2,1H3;3-4H,1-2,6H2,(H,7,8);;;/q;;+2;2*-1. The van der Waals surface area contributed by atoms with Gasteiger partial charge in [0.2, 0.25) is 0 Å². The van der Waals surface area contributed by atoms with Crippen LogP contribution in [0.4, 0.5) is 0 Å². The molecular formula is C14H24CaN4O3. The number of aromatic nitrogens is 2. The van der Waals surface area contributed by atoms with E-state index in [4.69, 9.17) is 15.9 Å². The number of rotatable bonds is 5. The van der Waals surface area contributed by atoms with Gasteiger partial charge in [-0.3, -0.25) is 0 Å². The molecule has 0 spiro atoms. The van der Waals surface area contributed by atoms with E-state index in [-0.39, 0.29) is 52.1 Å². The predicted octanol–water partition coefficient (Wildman–Crippen LogP) is 0.106. The van der Waals surface area contributed by atoms with Gasteiger partial charge in [-0.1, -0.05) is 6.07 Å². The Bertz CT molecular complexity index is 533. The Morgan fingerprint density at radius 3 is 2.59 bits per heavy atom. The first kappa shape index (κ1) is 21.2. The molecule has 1 aromatic carbocycles. The second-order valence-corrected chi connectivity index (χ2v) is 4.44. The van der Waals surface area contributed by atoms with Crippen molar-refractivity contribution < 1.29 is 18.2 Å². The zero-order chi connectivity index (χ0) is 15.7.